The average molecular weight is 341 g/mol. The van der Waals surface area contributed by atoms with Crippen LogP contribution in [0.5, 0.6) is 5.75 Å². The van der Waals surface area contributed by atoms with Gasteiger partial charge >= 0.3 is 0 Å². The second kappa shape index (κ2) is 8.01. The van der Waals surface area contributed by atoms with Crippen LogP contribution in [0.2, 0.25) is 0 Å². The Morgan fingerprint density at radius 3 is 2.48 bits per heavy atom. The number of likely N-dealkylation sites (tertiary alicyclic amines) is 1. The Bertz CT molecular complexity index is 720. The van der Waals surface area contributed by atoms with Gasteiger partial charge in [0.15, 0.2) is 0 Å². The van der Waals surface area contributed by atoms with Crippen molar-refractivity contribution >= 4 is 0 Å². The minimum absolute atomic E-state index is 0.194. The summed E-state index contributed by atoms with van der Waals surface area (Å²) in [5, 5.41) is 0. The van der Waals surface area contributed by atoms with E-state index >= 15 is 0 Å². The van der Waals surface area contributed by atoms with E-state index in [1.165, 1.54) is 30.0 Å². The molecular formula is C22H28FNO. The summed E-state index contributed by atoms with van der Waals surface area (Å²) < 4.78 is 19.8. The summed E-state index contributed by atoms with van der Waals surface area (Å²) in [6.45, 7) is 7.62. The molecule has 0 radical (unpaired) electrons. The molecule has 2 aromatic rings. The van der Waals surface area contributed by atoms with Crippen molar-refractivity contribution in [1.82, 2.24) is 4.90 Å². The Hall–Kier alpha value is -1.87. The van der Waals surface area contributed by atoms with E-state index in [0.717, 1.165) is 31.6 Å². The number of hydrogen-bond donors (Lipinski definition) is 0. The minimum atomic E-state index is -0.194. The molecule has 2 nitrogen and oxygen atoms in total. The van der Waals surface area contributed by atoms with Gasteiger partial charge in [-0.15, -0.1) is 0 Å². The van der Waals surface area contributed by atoms with E-state index < -0.39 is 0 Å². The highest BCUT2D eigenvalue weighted by Crippen LogP contribution is 2.32. The van der Waals surface area contributed by atoms with E-state index in [1.54, 1.807) is 19.2 Å². The van der Waals surface area contributed by atoms with Crippen molar-refractivity contribution in [2.45, 2.75) is 39.7 Å². The largest absolute Gasteiger partial charge is 0.497 e. The lowest BCUT2D eigenvalue weighted by atomic mass is 9.93. The highest BCUT2D eigenvalue weighted by atomic mass is 19.1. The van der Waals surface area contributed by atoms with Gasteiger partial charge in [0.2, 0.25) is 0 Å². The Morgan fingerprint density at radius 1 is 1.04 bits per heavy atom. The Balaban J connectivity index is 2.01. The third-order valence-corrected chi connectivity index (χ3v) is 4.87. The summed E-state index contributed by atoms with van der Waals surface area (Å²) in [7, 11) is 1.62. The molecule has 0 unspecified atom stereocenters. The molecule has 1 aliphatic heterocycles. The van der Waals surface area contributed by atoms with Crippen LogP contribution < -0.4 is 4.74 Å². The molecule has 0 N–H and O–H groups in total. The van der Waals surface area contributed by atoms with Gasteiger partial charge in [0.1, 0.15) is 11.6 Å². The first-order chi connectivity index (χ1) is 12.1. The summed E-state index contributed by atoms with van der Waals surface area (Å²) in [6, 6.07) is 11.5. The molecule has 0 spiro atoms. The minimum Gasteiger partial charge on any atom is -0.497 e. The number of benzene rings is 2. The van der Waals surface area contributed by atoms with Gasteiger partial charge in [-0.25, -0.2) is 4.39 Å². The third-order valence-electron chi connectivity index (χ3n) is 4.87. The van der Waals surface area contributed by atoms with Crippen LogP contribution in [0.1, 0.15) is 37.8 Å². The first-order valence-electron chi connectivity index (χ1n) is 9.25. The second-order valence-corrected chi connectivity index (χ2v) is 7.42. The molecule has 2 aromatic carbocycles. The van der Waals surface area contributed by atoms with Crippen molar-refractivity contribution in [3.8, 4) is 16.9 Å². The number of halogens is 1. The molecule has 25 heavy (non-hydrogen) atoms. The smallest absolute Gasteiger partial charge is 0.131 e. The van der Waals surface area contributed by atoms with Gasteiger partial charge < -0.3 is 4.74 Å². The molecule has 3 heteroatoms. The molecule has 1 aliphatic rings. The van der Waals surface area contributed by atoms with Crippen LogP contribution in [0, 0.1) is 11.7 Å². The zero-order valence-electron chi connectivity index (χ0n) is 15.5. The zero-order chi connectivity index (χ0) is 17.8. The van der Waals surface area contributed by atoms with E-state index in [2.05, 4.69) is 36.9 Å². The van der Waals surface area contributed by atoms with E-state index in [4.69, 9.17) is 4.74 Å². The maximum absolute atomic E-state index is 14.5. The summed E-state index contributed by atoms with van der Waals surface area (Å²) in [6.07, 6.45) is 3.57. The third kappa shape index (κ3) is 4.40. The summed E-state index contributed by atoms with van der Waals surface area (Å²) in [5.41, 5.74) is 4.16. The van der Waals surface area contributed by atoms with Gasteiger partial charge in [-0.05, 0) is 73.2 Å². The van der Waals surface area contributed by atoms with Crippen LogP contribution in [0.4, 0.5) is 4.39 Å². The highest BCUT2D eigenvalue weighted by Gasteiger charge is 2.17. The standard InChI is InChI=1S/C22H28FNO/c1-16(2)12-17-6-8-20(18(13-17)15-24-10-4-5-11-24)21-14-19(25-3)7-9-22(21)23/h6-9,13-14,16H,4-5,10-12,15H2,1-3H3. The first-order valence-corrected chi connectivity index (χ1v) is 9.25. The van der Waals surface area contributed by atoms with Crippen molar-refractivity contribution in [2.24, 2.45) is 5.92 Å². The predicted octanol–water partition coefficient (Wildman–Crippen LogP) is 5.30. The Labute approximate surface area is 150 Å². The first kappa shape index (κ1) is 17.9. The van der Waals surface area contributed by atoms with Gasteiger partial charge in [0.05, 0.1) is 7.11 Å². The molecule has 1 saturated heterocycles. The molecule has 0 amide bonds. The molecule has 0 aromatic heterocycles. The van der Waals surface area contributed by atoms with E-state index in [-0.39, 0.29) is 5.82 Å². The highest BCUT2D eigenvalue weighted by molar-refractivity contribution is 5.70. The number of nitrogens with zero attached hydrogens (tertiary/aromatic N) is 1. The molecule has 0 aliphatic carbocycles. The lowest BCUT2D eigenvalue weighted by molar-refractivity contribution is 0.331. The van der Waals surface area contributed by atoms with Crippen LogP contribution in [0.25, 0.3) is 11.1 Å². The van der Waals surface area contributed by atoms with Crippen LogP contribution in [-0.2, 0) is 13.0 Å². The number of rotatable bonds is 6. The summed E-state index contributed by atoms with van der Waals surface area (Å²) in [5.74, 6) is 1.11. The quantitative estimate of drug-likeness (QED) is 0.707. The average Bonchev–Trinajstić information content (AvgIpc) is 3.08. The van der Waals surface area contributed by atoms with Crippen LogP contribution in [0.3, 0.4) is 0 Å². The molecule has 0 bridgehead atoms. The van der Waals surface area contributed by atoms with Gasteiger partial charge in [0, 0.05) is 12.1 Å². The second-order valence-electron chi connectivity index (χ2n) is 7.42. The number of hydrogen-bond acceptors (Lipinski definition) is 2. The fraction of sp³-hybridized carbons (Fsp3) is 0.455. The topological polar surface area (TPSA) is 12.5 Å². The van der Waals surface area contributed by atoms with Crippen molar-refractivity contribution in [2.75, 3.05) is 20.2 Å². The molecular weight excluding hydrogens is 313 g/mol. The lowest BCUT2D eigenvalue weighted by Crippen LogP contribution is -2.19. The molecule has 134 valence electrons. The molecule has 0 atom stereocenters. The summed E-state index contributed by atoms with van der Waals surface area (Å²) in [4.78, 5) is 2.47. The normalized spacial score (nSPS) is 15.1. The molecule has 1 fully saturated rings. The van der Waals surface area contributed by atoms with Gasteiger partial charge in [0.25, 0.3) is 0 Å². The number of methoxy groups -OCH3 is 1. The van der Waals surface area contributed by atoms with E-state index in [0.29, 0.717) is 17.2 Å². The van der Waals surface area contributed by atoms with Crippen molar-refractivity contribution in [3.63, 3.8) is 0 Å². The SMILES string of the molecule is COc1ccc(F)c(-c2ccc(CC(C)C)cc2CN2CCCC2)c1. The van der Waals surface area contributed by atoms with Crippen molar-refractivity contribution < 1.29 is 9.13 Å². The fourth-order valence-corrected chi connectivity index (χ4v) is 3.66. The van der Waals surface area contributed by atoms with Gasteiger partial charge in [-0.2, -0.15) is 0 Å². The molecule has 1 heterocycles. The van der Waals surface area contributed by atoms with Crippen LogP contribution in [0.15, 0.2) is 36.4 Å². The van der Waals surface area contributed by atoms with E-state index in [1.807, 2.05) is 0 Å². The fourth-order valence-electron chi connectivity index (χ4n) is 3.66. The maximum atomic E-state index is 14.5. The molecule has 0 saturated carbocycles. The number of ether oxygens (including phenoxy) is 1. The predicted molar refractivity (Wildman–Crippen MR) is 101 cm³/mol. The summed E-state index contributed by atoms with van der Waals surface area (Å²) >= 11 is 0. The maximum Gasteiger partial charge on any atom is 0.131 e. The van der Waals surface area contributed by atoms with E-state index in [9.17, 15) is 4.39 Å². The Kier molecular flexibility index (Phi) is 5.74. The van der Waals surface area contributed by atoms with Gasteiger partial charge in [-0.3, -0.25) is 4.90 Å². The van der Waals surface area contributed by atoms with Crippen LogP contribution >= 0.6 is 0 Å². The zero-order valence-corrected chi connectivity index (χ0v) is 15.5. The lowest BCUT2D eigenvalue weighted by Gasteiger charge is -2.20. The van der Waals surface area contributed by atoms with Gasteiger partial charge in [-0.1, -0.05) is 32.0 Å². The van der Waals surface area contributed by atoms with Crippen molar-refractivity contribution in [3.05, 3.63) is 53.3 Å². The monoisotopic (exact) mass is 341 g/mol. The van der Waals surface area contributed by atoms with Crippen LogP contribution in [-0.4, -0.2) is 25.1 Å². The molecule has 3 rings (SSSR count). The Morgan fingerprint density at radius 2 is 1.80 bits per heavy atom. The van der Waals surface area contributed by atoms with Crippen molar-refractivity contribution in [1.29, 1.82) is 0 Å².